The van der Waals surface area contributed by atoms with Crippen molar-refractivity contribution in [2.45, 2.75) is 39.3 Å². The first-order valence-corrected chi connectivity index (χ1v) is 6.62. The monoisotopic (exact) mass is 265 g/mol. The van der Waals surface area contributed by atoms with E-state index in [-0.39, 0.29) is 11.8 Å². The SMILES string of the molecule is CCOC(CC)c1nc2c(c(C(=O)O)n1)CNCC2. The Morgan fingerprint density at radius 3 is 2.89 bits per heavy atom. The minimum Gasteiger partial charge on any atom is -0.476 e. The first-order valence-electron chi connectivity index (χ1n) is 6.62. The topological polar surface area (TPSA) is 84.3 Å². The maximum absolute atomic E-state index is 11.3. The quantitative estimate of drug-likeness (QED) is 0.835. The molecule has 1 aliphatic heterocycles. The van der Waals surface area contributed by atoms with Gasteiger partial charge in [0.2, 0.25) is 0 Å². The highest BCUT2D eigenvalue weighted by Crippen LogP contribution is 2.22. The molecule has 2 N–H and O–H groups in total. The minimum absolute atomic E-state index is 0.102. The molecule has 6 nitrogen and oxygen atoms in total. The molecule has 1 aromatic heterocycles. The van der Waals surface area contributed by atoms with Gasteiger partial charge in [0, 0.05) is 31.7 Å². The van der Waals surface area contributed by atoms with Gasteiger partial charge in [0.15, 0.2) is 11.5 Å². The highest BCUT2D eigenvalue weighted by atomic mass is 16.5. The molecule has 19 heavy (non-hydrogen) atoms. The van der Waals surface area contributed by atoms with E-state index in [4.69, 9.17) is 4.74 Å². The molecule has 0 saturated carbocycles. The summed E-state index contributed by atoms with van der Waals surface area (Å²) < 4.78 is 5.57. The summed E-state index contributed by atoms with van der Waals surface area (Å²) in [6.07, 6.45) is 1.22. The largest absolute Gasteiger partial charge is 0.476 e. The fraction of sp³-hybridized carbons (Fsp3) is 0.615. The van der Waals surface area contributed by atoms with Gasteiger partial charge in [0.1, 0.15) is 6.10 Å². The van der Waals surface area contributed by atoms with Crippen molar-refractivity contribution in [2.75, 3.05) is 13.2 Å². The fourth-order valence-corrected chi connectivity index (χ4v) is 2.26. The molecular weight excluding hydrogens is 246 g/mol. The van der Waals surface area contributed by atoms with Gasteiger partial charge in [-0.1, -0.05) is 6.92 Å². The molecule has 1 aliphatic rings. The van der Waals surface area contributed by atoms with Gasteiger partial charge in [-0.2, -0.15) is 0 Å². The highest BCUT2D eigenvalue weighted by molar-refractivity contribution is 5.87. The van der Waals surface area contributed by atoms with Crippen LogP contribution in [0.25, 0.3) is 0 Å². The minimum atomic E-state index is -1.00. The number of carboxylic acid groups (broad SMARTS) is 1. The second kappa shape index (κ2) is 6.08. The van der Waals surface area contributed by atoms with E-state index in [1.54, 1.807) is 0 Å². The number of carbonyl (C=O) groups is 1. The molecule has 0 aromatic carbocycles. The molecule has 104 valence electrons. The Bertz CT molecular complexity index is 476. The Labute approximate surface area is 112 Å². The summed E-state index contributed by atoms with van der Waals surface area (Å²) in [5, 5.41) is 12.4. The van der Waals surface area contributed by atoms with Crippen molar-refractivity contribution >= 4 is 5.97 Å². The number of hydrogen-bond acceptors (Lipinski definition) is 5. The van der Waals surface area contributed by atoms with Crippen LogP contribution in [-0.4, -0.2) is 34.2 Å². The van der Waals surface area contributed by atoms with Crippen LogP contribution in [0.3, 0.4) is 0 Å². The summed E-state index contributed by atoms with van der Waals surface area (Å²) in [6, 6.07) is 0. The molecule has 0 radical (unpaired) electrons. The molecule has 0 bridgehead atoms. The third-order valence-corrected chi connectivity index (χ3v) is 3.18. The van der Waals surface area contributed by atoms with Gasteiger partial charge >= 0.3 is 5.97 Å². The van der Waals surface area contributed by atoms with Crippen LogP contribution in [0.4, 0.5) is 0 Å². The number of carboxylic acids is 1. The van der Waals surface area contributed by atoms with Crippen LogP contribution in [0.5, 0.6) is 0 Å². The molecule has 6 heteroatoms. The number of fused-ring (bicyclic) bond motifs is 1. The van der Waals surface area contributed by atoms with Crippen molar-refractivity contribution in [1.29, 1.82) is 0 Å². The molecule has 1 aromatic rings. The van der Waals surface area contributed by atoms with E-state index >= 15 is 0 Å². The Morgan fingerprint density at radius 2 is 2.26 bits per heavy atom. The van der Waals surface area contributed by atoms with E-state index in [2.05, 4.69) is 15.3 Å². The molecule has 0 aliphatic carbocycles. The lowest BCUT2D eigenvalue weighted by atomic mass is 10.0. The number of nitrogens with one attached hydrogen (secondary N) is 1. The predicted molar refractivity (Wildman–Crippen MR) is 69.1 cm³/mol. The Hall–Kier alpha value is -1.53. The summed E-state index contributed by atoms with van der Waals surface area (Å²) in [7, 11) is 0. The smallest absolute Gasteiger partial charge is 0.354 e. The average molecular weight is 265 g/mol. The van der Waals surface area contributed by atoms with Crippen molar-refractivity contribution in [1.82, 2.24) is 15.3 Å². The third-order valence-electron chi connectivity index (χ3n) is 3.18. The lowest BCUT2D eigenvalue weighted by Crippen LogP contribution is -2.29. The van der Waals surface area contributed by atoms with Gasteiger partial charge in [0.05, 0.1) is 5.69 Å². The number of rotatable bonds is 5. The van der Waals surface area contributed by atoms with Crippen LogP contribution in [-0.2, 0) is 17.7 Å². The van der Waals surface area contributed by atoms with Gasteiger partial charge < -0.3 is 15.2 Å². The lowest BCUT2D eigenvalue weighted by Gasteiger charge is -2.21. The van der Waals surface area contributed by atoms with Crippen LogP contribution < -0.4 is 5.32 Å². The molecule has 0 fully saturated rings. The van der Waals surface area contributed by atoms with Crippen molar-refractivity contribution in [2.24, 2.45) is 0 Å². The molecule has 0 saturated heterocycles. The van der Waals surface area contributed by atoms with Crippen molar-refractivity contribution in [3.8, 4) is 0 Å². The van der Waals surface area contributed by atoms with E-state index in [9.17, 15) is 9.90 Å². The molecule has 0 amide bonds. The summed E-state index contributed by atoms with van der Waals surface area (Å²) in [4.78, 5) is 20.0. The number of aromatic carboxylic acids is 1. The van der Waals surface area contributed by atoms with Crippen LogP contribution in [0.1, 0.15) is 53.9 Å². The van der Waals surface area contributed by atoms with Crippen LogP contribution in [0.2, 0.25) is 0 Å². The number of nitrogens with zero attached hydrogens (tertiary/aromatic N) is 2. The average Bonchev–Trinajstić information content (AvgIpc) is 2.43. The van der Waals surface area contributed by atoms with Gasteiger partial charge in [-0.25, -0.2) is 14.8 Å². The predicted octanol–water partition coefficient (Wildman–Crippen LogP) is 1.31. The van der Waals surface area contributed by atoms with Gasteiger partial charge in [-0.3, -0.25) is 0 Å². The molecular formula is C13H19N3O3. The standard InChI is InChI=1S/C13H19N3O3/c1-3-10(19-4-2)12-15-9-5-6-14-7-8(9)11(16-12)13(17)18/h10,14H,3-7H2,1-2H3,(H,17,18). The van der Waals surface area contributed by atoms with Gasteiger partial charge in [-0.05, 0) is 13.3 Å². The zero-order valence-electron chi connectivity index (χ0n) is 11.3. The summed E-state index contributed by atoms with van der Waals surface area (Å²) in [5.41, 5.74) is 1.64. The molecule has 1 unspecified atom stereocenters. The van der Waals surface area contributed by atoms with Crippen molar-refractivity contribution in [3.63, 3.8) is 0 Å². The second-order valence-corrected chi connectivity index (χ2v) is 4.44. The zero-order chi connectivity index (χ0) is 13.8. The van der Waals surface area contributed by atoms with E-state index in [0.29, 0.717) is 24.5 Å². The van der Waals surface area contributed by atoms with Gasteiger partial charge in [-0.15, -0.1) is 0 Å². The van der Waals surface area contributed by atoms with E-state index in [1.165, 1.54) is 0 Å². The van der Waals surface area contributed by atoms with Gasteiger partial charge in [0.25, 0.3) is 0 Å². The number of aromatic nitrogens is 2. The lowest BCUT2D eigenvalue weighted by molar-refractivity contribution is 0.0524. The normalized spacial score (nSPS) is 15.9. The Kier molecular flexibility index (Phi) is 4.44. The highest BCUT2D eigenvalue weighted by Gasteiger charge is 2.24. The third kappa shape index (κ3) is 2.90. The fourth-order valence-electron chi connectivity index (χ4n) is 2.26. The first-order chi connectivity index (χ1) is 9.17. The first kappa shape index (κ1) is 13.9. The molecule has 1 atom stereocenters. The molecule has 0 spiro atoms. The summed E-state index contributed by atoms with van der Waals surface area (Å²) in [5.74, 6) is -0.516. The van der Waals surface area contributed by atoms with Crippen molar-refractivity contribution in [3.05, 3.63) is 22.8 Å². The maximum Gasteiger partial charge on any atom is 0.354 e. The van der Waals surface area contributed by atoms with Crippen LogP contribution in [0.15, 0.2) is 0 Å². The van der Waals surface area contributed by atoms with Crippen molar-refractivity contribution < 1.29 is 14.6 Å². The van der Waals surface area contributed by atoms with E-state index in [1.807, 2.05) is 13.8 Å². The number of ether oxygens (including phenoxy) is 1. The van der Waals surface area contributed by atoms with E-state index in [0.717, 1.165) is 25.1 Å². The number of hydrogen-bond donors (Lipinski definition) is 2. The summed E-state index contributed by atoms with van der Waals surface area (Å²) >= 11 is 0. The summed E-state index contributed by atoms with van der Waals surface area (Å²) in [6.45, 7) is 5.77. The zero-order valence-corrected chi connectivity index (χ0v) is 11.3. The maximum atomic E-state index is 11.3. The van der Waals surface area contributed by atoms with E-state index < -0.39 is 5.97 Å². The molecule has 2 heterocycles. The van der Waals surface area contributed by atoms with Crippen LogP contribution in [0, 0.1) is 0 Å². The Morgan fingerprint density at radius 1 is 1.47 bits per heavy atom. The van der Waals surface area contributed by atoms with Crippen LogP contribution >= 0.6 is 0 Å². The Balaban J connectivity index is 2.45. The second-order valence-electron chi connectivity index (χ2n) is 4.44. The molecule has 2 rings (SSSR count).